The average Bonchev–Trinajstić information content (AvgIpc) is 2.75. The van der Waals surface area contributed by atoms with Crippen LogP contribution >= 0.6 is 0 Å². The molecule has 148 valence electrons. The van der Waals surface area contributed by atoms with Crippen molar-refractivity contribution in [3.05, 3.63) is 48.0 Å². The number of aromatic nitrogens is 2. The summed E-state index contributed by atoms with van der Waals surface area (Å²) in [6.07, 6.45) is 0.473. The van der Waals surface area contributed by atoms with Crippen LogP contribution in [0.5, 0.6) is 0 Å². The number of carbonyl (C=O) groups excluding carboxylic acids is 1. The van der Waals surface area contributed by atoms with Gasteiger partial charge in [0.15, 0.2) is 11.6 Å². The number of piperazine rings is 2. The summed E-state index contributed by atoms with van der Waals surface area (Å²) in [5, 5.41) is 8.90. The van der Waals surface area contributed by atoms with E-state index in [2.05, 4.69) is 44.1 Å². The molecule has 0 N–H and O–H groups in total. The predicted octanol–water partition coefficient (Wildman–Crippen LogP) is 1.12. The van der Waals surface area contributed by atoms with Crippen molar-refractivity contribution >= 4 is 17.5 Å². The molecular weight excluding hydrogens is 352 g/mol. The fraction of sp³-hybridized carbons (Fsp3) is 0.476. The summed E-state index contributed by atoms with van der Waals surface area (Å²) >= 11 is 0. The Bertz CT molecular complexity index is 765. The van der Waals surface area contributed by atoms with Gasteiger partial charge in [-0.1, -0.05) is 30.3 Å². The molecule has 2 saturated heterocycles. The Morgan fingerprint density at radius 1 is 0.786 bits per heavy atom. The van der Waals surface area contributed by atoms with Crippen molar-refractivity contribution in [3.8, 4) is 0 Å². The minimum Gasteiger partial charge on any atom is -0.353 e. The van der Waals surface area contributed by atoms with E-state index in [1.54, 1.807) is 0 Å². The zero-order chi connectivity index (χ0) is 19.3. The first-order valence-electron chi connectivity index (χ1n) is 10.0. The second-order valence-electron chi connectivity index (χ2n) is 7.57. The van der Waals surface area contributed by atoms with E-state index in [1.165, 1.54) is 0 Å². The number of carbonyl (C=O) groups is 1. The third-order valence-electron chi connectivity index (χ3n) is 5.62. The van der Waals surface area contributed by atoms with Crippen LogP contribution in [0.15, 0.2) is 42.5 Å². The lowest BCUT2D eigenvalue weighted by Crippen LogP contribution is -2.49. The molecule has 0 saturated carbocycles. The molecule has 0 aliphatic carbocycles. The lowest BCUT2D eigenvalue weighted by molar-refractivity contribution is -0.130. The first-order chi connectivity index (χ1) is 13.7. The van der Waals surface area contributed by atoms with Crippen LogP contribution in [0, 0.1) is 0 Å². The number of nitrogens with zero attached hydrogens (tertiary/aromatic N) is 6. The maximum absolute atomic E-state index is 12.5. The smallest absolute Gasteiger partial charge is 0.227 e. The monoisotopic (exact) mass is 380 g/mol. The zero-order valence-electron chi connectivity index (χ0n) is 16.5. The van der Waals surface area contributed by atoms with Crippen molar-refractivity contribution in [3.63, 3.8) is 0 Å². The molecule has 2 aliphatic rings. The predicted molar refractivity (Wildman–Crippen MR) is 111 cm³/mol. The van der Waals surface area contributed by atoms with Crippen LogP contribution in [0.25, 0.3) is 0 Å². The highest BCUT2D eigenvalue weighted by atomic mass is 16.2. The minimum absolute atomic E-state index is 0.197. The second-order valence-corrected chi connectivity index (χ2v) is 7.57. The normalized spacial score (nSPS) is 18.4. The van der Waals surface area contributed by atoms with Crippen molar-refractivity contribution in [2.45, 2.75) is 6.42 Å². The maximum Gasteiger partial charge on any atom is 0.227 e. The summed E-state index contributed by atoms with van der Waals surface area (Å²) in [5.74, 6) is 2.05. The Labute approximate surface area is 166 Å². The van der Waals surface area contributed by atoms with Gasteiger partial charge in [-0.2, -0.15) is 0 Å². The van der Waals surface area contributed by atoms with Crippen LogP contribution in [0.4, 0.5) is 11.6 Å². The molecule has 0 radical (unpaired) electrons. The van der Waals surface area contributed by atoms with E-state index in [4.69, 9.17) is 0 Å². The van der Waals surface area contributed by atoms with Crippen LogP contribution in [-0.4, -0.2) is 85.3 Å². The van der Waals surface area contributed by atoms with E-state index in [9.17, 15) is 4.79 Å². The van der Waals surface area contributed by atoms with Crippen LogP contribution in [0.3, 0.4) is 0 Å². The molecule has 0 atom stereocenters. The lowest BCUT2D eigenvalue weighted by atomic mass is 10.1. The summed E-state index contributed by atoms with van der Waals surface area (Å²) in [6, 6.07) is 14.1. The van der Waals surface area contributed by atoms with Crippen LogP contribution in [-0.2, 0) is 11.2 Å². The fourth-order valence-corrected chi connectivity index (χ4v) is 3.76. The van der Waals surface area contributed by atoms with Crippen molar-refractivity contribution in [1.82, 2.24) is 20.0 Å². The van der Waals surface area contributed by atoms with Crippen LogP contribution < -0.4 is 9.80 Å². The first-order valence-corrected chi connectivity index (χ1v) is 10.0. The summed E-state index contributed by atoms with van der Waals surface area (Å²) in [5.41, 5.74) is 1.07. The molecule has 0 bridgehead atoms. The zero-order valence-corrected chi connectivity index (χ0v) is 16.5. The molecule has 7 heteroatoms. The Kier molecular flexibility index (Phi) is 5.71. The Hall–Kier alpha value is -2.67. The SMILES string of the molecule is CN1CCN(c2ccc(N3CCN(C(=O)Cc4ccccc4)CC3)nn2)CC1. The molecule has 2 aromatic rings. The molecule has 1 aromatic heterocycles. The Morgan fingerprint density at radius 3 is 1.86 bits per heavy atom. The highest BCUT2D eigenvalue weighted by molar-refractivity contribution is 5.79. The van der Waals surface area contributed by atoms with Gasteiger partial charge in [-0.3, -0.25) is 4.79 Å². The van der Waals surface area contributed by atoms with Crippen molar-refractivity contribution in [1.29, 1.82) is 0 Å². The van der Waals surface area contributed by atoms with Crippen molar-refractivity contribution in [2.75, 3.05) is 69.2 Å². The molecular formula is C21H28N6O. The number of likely N-dealkylation sites (N-methyl/N-ethyl adjacent to an activating group) is 1. The average molecular weight is 380 g/mol. The van der Waals surface area contributed by atoms with Gasteiger partial charge in [0.1, 0.15) is 0 Å². The Balaban J connectivity index is 1.29. The van der Waals surface area contributed by atoms with Gasteiger partial charge in [0.25, 0.3) is 0 Å². The van der Waals surface area contributed by atoms with E-state index < -0.39 is 0 Å². The number of hydrogen-bond donors (Lipinski definition) is 0. The number of rotatable bonds is 4. The van der Waals surface area contributed by atoms with E-state index in [1.807, 2.05) is 35.2 Å². The molecule has 4 rings (SSSR count). The molecule has 0 unspecified atom stereocenters. The van der Waals surface area contributed by atoms with Gasteiger partial charge in [0, 0.05) is 52.4 Å². The van der Waals surface area contributed by atoms with Crippen LogP contribution in [0.1, 0.15) is 5.56 Å². The fourth-order valence-electron chi connectivity index (χ4n) is 3.76. The Morgan fingerprint density at radius 2 is 1.32 bits per heavy atom. The summed E-state index contributed by atoms with van der Waals surface area (Å²) in [7, 11) is 2.15. The summed E-state index contributed by atoms with van der Waals surface area (Å²) < 4.78 is 0. The standard InChI is InChI=1S/C21H28N6O/c1-24-9-11-25(12-10-24)19-7-8-20(23-22-19)26-13-15-27(16-14-26)21(28)17-18-5-3-2-4-6-18/h2-8H,9-17H2,1H3. The van der Waals surface area contributed by atoms with Gasteiger partial charge < -0.3 is 19.6 Å². The molecule has 3 heterocycles. The molecule has 1 aromatic carbocycles. The largest absolute Gasteiger partial charge is 0.353 e. The van der Waals surface area contributed by atoms with Gasteiger partial charge in [-0.05, 0) is 24.7 Å². The van der Waals surface area contributed by atoms with Crippen molar-refractivity contribution < 1.29 is 4.79 Å². The molecule has 2 fully saturated rings. The topological polar surface area (TPSA) is 55.8 Å². The molecule has 7 nitrogen and oxygen atoms in total. The first kappa shape index (κ1) is 18.7. The van der Waals surface area contributed by atoms with E-state index in [0.29, 0.717) is 6.42 Å². The van der Waals surface area contributed by atoms with E-state index in [-0.39, 0.29) is 5.91 Å². The summed E-state index contributed by atoms with van der Waals surface area (Å²) in [6.45, 7) is 7.15. The molecule has 1 amide bonds. The van der Waals surface area contributed by atoms with E-state index >= 15 is 0 Å². The van der Waals surface area contributed by atoms with Gasteiger partial charge in [-0.15, -0.1) is 10.2 Å². The third-order valence-corrected chi connectivity index (χ3v) is 5.62. The molecule has 2 aliphatic heterocycles. The second kappa shape index (κ2) is 8.56. The van der Waals surface area contributed by atoms with Gasteiger partial charge in [0.05, 0.1) is 6.42 Å². The van der Waals surface area contributed by atoms with Gasteiger partial charge in [-0.25, -0.2) is 0 Å². The minimum atomic E-state index is 0.197. The number of anilines is 2. The number of hydrogen-bond acceptors (Lipinski definition) is 6. The number of amides is 1. The van der Waals surface area contributed by atoms with Crippen LogP contribution in [0.2, 0.25) is 0 Å². The highest BCUT2D eigenvalue weighted by Crippen LogP contribution is 2.18. The molecule has 0 spiro atoms. The number of benzene rings is 1. The molecule has 28 heavy (non-hydrogen) atoms. The quantitative estimate of drug-likeness (QED) is 0.792. The van der Waals surface area contributed by atoms with Crippen molar-refractivity contribution in [2.24, 2.45) is 0 Å². The third kappa shape index (κ3) is 4.42. The van der Waals surface area contributed by atoms with E-state index in [0.717, 1.165) is 69.6 Å². The highest BCUT2D eigenvalue weighted by Gasteiger charge is 2.23. The maximum atomic E-state index is 12.5. The van der Waals surface area contributed by atoms with Gasteiger partial charge in [0.2, 0.25) is 5.91 Å². The van der Waals surface area contributed by atoms with Gasteiger partial charge >= 0.3 is 0 Å². The lowest BCUT2D eigenvalue weighted by Gasteiger charge is -2.36. The summed E-state index contributed by atoms with van der Waals surface area (Å²) in [4.78, 5) is 21.3.